The summed E-state index contributed by atoms with van der Waals surface area (Å²) < 4.78 is 7.61. The molecule has 0 aliphatic carbocycles. The first-order chi connectivity index (χ1) is 12.7. The van der Waals surface area contributed by atoms with Crippen LogP contribution >= 0.6 is 0 Å². The molecule has 0 bridgehead atoms. The van der Waals surface area contributed by atoms with Gasteiger partial charge in [0.05, 0.1) is 11.3 Å². The van der Waals surface area contributed by atoms with Gasteiger partial charge >= 0.3 is 0 Å². The first-order valence-electron chi connectivity index (χ1n) is 8.28. The van der Waals surface area contributed by atoms with E-state index in [2.05, 4.69) is 10.3 Å². The van der Waals surface area contributed by atoms with E-state index in [4.69, 9.17) is 4.74 Å². The van der Waals surface area contributed by atoms with Crippen LogP contribution in [-0.2, 0) is 0 Å². The number of benzene rings is 2. The van der Waals surface area contributed by atoms with Crippen molar-refractivity contribution in [3.8, 4) is 11.5 Å². The zero-order valence-electron chi connectivity index (χ0n) is 14.2. The van der Waals surface area contributed by atoms with Gasteiger partial charge in [0.25, 0.3) is 5.91 Å². The van der Waals surface area contributed by atoms with E-state index in [9.17, 15) is 4.79 Å². The molecular formula is C21H17N3O2. The van der Waals surface area contributed by atoms with E-state index in [-0.39, 0.29) is 5.91 Å². The summed E-state index contributed by atoms with van der Waals surface area (Å²) in [6.07, 6.45) is 3.77. The number of rotatable bonds is 4. The highest BCUT2D eigenvalue weighted by atomic mass is 16.5. The Morgan fingerprint density at radius 1 is 0.962 bits per heavy atom. The number of imidazole rings is 1. The molecular weight excluding hydrogens is 326 g/mol. The minimum Gasteiger partial charge on any atom is -0.457 e. The Morgan fingerprint density at radius 2 is 1.69 bits per heavy atom. The number of nitrogens with one attached hydrogen (secondary N) is 1. The van der Waals surface area contributed by atoms with E-state index >= 15 is 0 Å². The topological polar surface area (TPSA) is 55.6 Å². The molecule has 0 aliphatic rings. The molecule has 0 unspecified atom stereocenters. The Balaban J connectivity index is 1.50. The van der Waals surface area contributed by atoms with Crippen LogP contribution in [0.4, 0.5) is 5.69 Å². The Bertz CT molecular complexity index is 1050. The fraction of sp³-hybridized carbons (Fsp3) is 0.0476. The number of nitrogens with zero attached hydrogens (tertiary/aromatic N) is 2. The smallest absolute Gasteiger partial charge is 0.259 e. The molecule has 0 atom stereocenters. The van der Waals surface area contributed by atoms with E-state index in [1.54, 1.807) is 6.07 Å². The lowest BCUT2D eigenvalue weighted by Crippen LogP contribution is -2.13. The molecule has 2 heterocycles. The highest BCUT2D eigenvalue weighted by molar-refractivity contribution is 6.08. The second kappa shape index (κ2) is 6.72. The molecule has 1 N–H and O–H groups in total. The van der Waals surface area contributed by atoms with E-state index in [0.29, 0.717) is 22.6 Å². The first-order valence-corrected chi connectivity index (χ1v) is 8.28. The quantitative estimate of drug-likeness (QED) is 0.585. The number of anilines is 1. The minimum atomic E-state index is -0.196. The molecule has 0 saturated carbocycles. The second-order valence-electron chi connectivity index (χ2n) is 5.93. The second-order valence-corrected chi connectivity index (χ2v) is 5.93. The Morgan fingerprint density at radius 3 is 2.46 bits per heavy atom. The van der Waals surface area contributed by atoms with Crippen LogP contribution in [0, 0.1) is 6.92 Å². The molecule has 0 fully saturated rings. The van der Waals surface area contributed by atoms with Gasteiger partial charge in [0, 0.05) is 18.1 Å². The normalized spacial score (nSPS) is 10.7. The van der Waals surface area contributed by atoms with Crippen LogP contribution in [0.2, 0.25) is 0 Å². The van der Waals surface area contributed by atoms with Crippen molar-refractivity contribution >= 4 is 17.2 Å². The van der Waals surface area contributed by atoms with Crippen LogP contribution in [0.15, 0.2) is 79.1 Å². The summed E-state index contributed by atoms with van der Waals surface area (Å²) in [5.41, 5.74) is 2.74. The molecule has 1 amide bonds. The van der Waals surface area contributed by atoms with Gasteiger partial charge in [-0.25, -0.2) is 4.98 Å². The summed E-state index contributed by atoms with van der Waals surface area (Å²) in [6, 6.07) is 20.4. The predicted molar refractivity (Wildman–Crippen MR) is 101 cm³/mol. The predicted octanol–water partition coefficient (Wildman–Crippen LogP) is 4.69. The maximum atomic E-state index is 12.6. The molecule has 128 valence electrons. The van der Waals surface area contributed by atoms with Gasteiger partial charge < -0.3 is 14.5 Å². The number of aromatic nitrogens is 2. The third kappa shape index (κ3) is 3.28. The van der Waals surface area contributed by atoms with Crippen molar-refractivity contribution in [2.45, 2.75) is 6.92 Å². The number of carbonyl (C=O) groups excluding carboxylic acids is 1. The Labute approximate surface area is 150 Å². The molecule has 26 heavy (non-hydrogen) atoms. The van der Waals surface area contributed by atoms with Crippen molar-refractivity contribution in [2.75, 3.05) is 5.32 Å². The number of carbonyl (C=O) groups is 1. The summed E-state index contributed by atoms with van der Waals surface area (Å²) in [5.74, 6) is 1.28. The monoisotopic (exact) mass is 343 g/mol. The third-order valence-corrected chi connectivity index (χ3v) is 3.94. The first kappa shape index (κ1) is 15.9. The Hall–Kier alpha value is -3.60. The third-order valence-electron chi connectivity index (χ3n) is 3.94. The van der Waals surface area contributed by atoms with Crippen molar-refractivity contribution in [2.24, 2.45) is 0 Å². The average Bonchev–Trinajstić information content (AvgIpc) is 3.04. The number of ether oxygens (including phenoxy) is 1. The van der Waals surface area contributed by atoms with Gasteiger partial charge in [-0.15, -0.1) is 0 Å². The molecule has 4 rings (SSSR count). The van der Waals surface area contributed by atoms with Gasteiger partial charge in [-0.3, -0.25) is 4.79 Å². The molecule has 5 nitrogen and oxygen atoms in total. The molecule has 2 aromatic heterocycles. The lowest BCUT2D eigenvalue weighted by Gasteiger charge is -2.08. The largest absolute Gasteiger partial charge is 0.457 e. The molecule has 5 heteroatoms. The van der Waals surface area contributed by atoms with Crippen LogP contribution in [-0.4, -0.2) is 15.3 Å². The van der Waals surface area contributed by atoms with Crippen molar-refractivity contribution in [3.05, 3.63) is 90.4 Å². The van der Waals surface area contributed by atoms with Gasteiger partial charge in [-0.1, -0.05) is 18.2 Å². The van der Waals surface area contributed by atoms with Gasteiger partial charge in [0.1, 0.15) is 17.1 Å². The maximum Gasteiger partial charge on any atom is 0.259 e. The van der Waals surface area contributed by atoms with Crippen LogP contribution in [0.3, 0.4) is 0 Å². The standard InChI is InChI=1S/C21H17N3O2/c1-15-14-24-13-5-8-19(20(24)22-15)21(25)23-16-9-11-18(12-10-16)26-17-6-3-2-4-7-17/h2-14H,1H3,(H,23,25). The summed E-state index contributed by atoms with van der Waals surface area (Å²) in [4.78, 5) is 17.0. The van der Waals surface area contributed by atoms with Crippen LogP contribution < -0.4 is 10.1 Å². The molecule has 0 saturated heterocycles. The highest BCUT2D eigenvalue weighted by Crippen LogP contribution is 2.23. The van der Waals surface area contributed by atoms with E-state index in [1.807, 2.05) is 84.4 Å². The lowest BCUT2D eigenvalue weighted by atomic mass is 10.2. The maximum absolute atomic E-state index is 12.6. The lowest BCUT2D eigenvalue weighted by molar-refractivity contribution is 0.102. The van der Waals surface area contributed by atoms with Crippen molar-refractivity contribution < 1.29 is 9.53 Å². The number of para-hydroxylation sites is 1. The fourth-order valence-electron chi connectivity index (χ4n) is 2.74. The van der Waals surface area contributed by atoms with Gasteiger partial charge in [0.2, 0.25) is 0 Å². The highest BCUT2D eigenvalue weighted by Gasteiger charge is 2.12. The van der Waals surface area contributed by atoms with Crippen LogP contribution in [0.1, 0.15) is 16.1 Å². The number of pyridine rings is 1. The van der Waals surface area contributed by atoms with E-state index in [0.717, 1.165) is 11.4 Å². The molecule has 0 spiro atoms. The fourth-order valence-corrected chi connectivity index (χ4v) is 2.74. The zero-order valence-corrected chi connectivity index (χ0v) is 14.2. The van der Waals surface area contributed by atoms with Crippen molar-refractivity contribution in [3.63, 3.8) is 0 Å². The van der Waals surface area contributed by atoms with Crippen LogP contribution in [0.5, 0.6) is 11.5 Å². The van der Waals surface area contributed by atoms with Crippen LogP contribution in [0.25, 0.3) is 5.65 Å². The van der Waals surface area contributed by atoms with Gasteiger partial charge in [-0.05, 0) is 55.5 Å². The number of fused-ring (bicyclic) bond motifs is 1. The summed E-state index contributed by atoms with van der Waals surface area (Å²) in [5, 5.41) is 2.90. The molecule has 2 aromatic carbocycles. The summed E-state index contributed by atoms with van der Waals surface area (Å²) >= 11 is 0. The number of amides is 1. The minimum absolute atomic E-state index is 0.196. The number of aryl methyl sites for hydroxylation is 1. The summed E-state index contributed by atoms with van der Waals surface area (Å²) in [6.45, 7) is 1.90. The molecule has 4 aromatic rings. The molecule has 0 radical (unpaired) electrons. The molecule has 0 aliphatic heterocycles. The Kier molecular flexibility index (Phi) is 4.11. The van der Waals surface area contributed by atoms with E-state index in [1.165, 1.54) is 0 Å². The van der Waals surface area contributed by atoms with Crippen molar-refractivity contribution in [1.29, 1.82) is 0 Å². The zero-order chi connectivity index (χ0) is 17.9. The van der Waals surface area contributed by atoms with Crippen molar-refractivity contribution in [1.82, 2.24) is 9.38 Å². The number of hydrogen-bond acceptors (Lipinski definition) is 3. The average molecular weight is 343 g/mol. The van der Waals surface area contributed by atoms with E-state index < -0.39 is 0 Å². The number of hydrogen-bond donors (Lipinski definition) is 1. The SMILES string of the molecule is Cc1cn2cccc(C(=O)Nc3ccc(Oc4ccccc4)cc3)c2n1. The van der Waals surface area contributed by atoms with Gasteiger partial charge in [-0.2, -0.15) is 0 Å². The van der Waals surface area contributed by atoms with Gasteiger partial charge in [0.15, 0.2) is 0 Å². The summed E-state index contributed by atoms with van der Waals surface area (Å²) in [7, 11) is 0.